The molecule has 3 nitrogen and oxygen atoms in total. The maximum Gasteiger partial charge on any atom is 0.145 e. The van der Waals surface area contributed by atoms with Gasteiger partial charge in [0.05, 0.1) is 5.69 Å². The zero-order valence-electron chi connectivity index (χ0n) is 7.45. The molecule has 0 amide bonds. The van der Waals surface area contributed by atoms with Crippen molar-refractivity contribution in [2.75, 3.05) is 0 Å². The highest BCUT2D eigenvalue weighted by Crippen LogP contribution is 2.01. The summed E-state index contributed by atoms with van der Waals surface area (Å²) in [7, 11) is 0. The third-order valence-corrected chi connectivity index (χ3v) is 1.95. The minimum absolute atomic E-state index is 0.498. The Labute approximate surface area is 82.9 Å². The number of aromatic nitrogens is 1. The third-order valence-electron chi connectivity index (χ3n) is 1.65. The van der Waals surface area contributed by atoms with Crippen LogP contribution in [0.25, 0.3) is 0 Å². The first kappa shape index (κ1) is 9.80. The molecule has 68 valence electrons. The standard InChI is InChI=1S/C9H11N3S/c1-3-7-4-5-8(11-6-7)9(13)12-10-2/h4-6H,2-3H2,1H3,(H,12,13). The van der Waals surface area contributed by atoms with Gasteiger partial charge in [0.1, 0.15) is 4.99 Å². The van der Waals surface area contributed by atoms with E-state index in [2.05, 4.69) is 29.2 Å². The van der Waals surface area contributed by atoms with Gasteiger partial charge in [0.15, 0.2) is 0 Å². The van der Waals surface area contributed by atoms with Crippen molar-refractivity contribution in [2.45, 2.75) is 13.3 Å². The summed E-state index contributed by atoms with van der Waals surface area (Å²) in [5, 5.41) is 3.47. The second kappa shape index (κ2) is 4.67. The van der Waals surface area contributed by atoms with Crippen molar-refractivity contribution in [3.63, 3.8) is 0 Å². The predicted molar refractivity (Wildman–Crippen MR) is 58.0 cm³/mol. The van der Waals surface area contributed by atoms with Gasteiger partial charge >= 0.3 is 0 Å². The van der Waals surface area contributed by atoms with Gasteiger partial charge < -0.3 is 0 Å². The molecule has 1 aromatic heterocycles. The monoisotopic (exact) mass is 193 g/mol. The molecular weight excluding hydrogens is 182 g/mol. The lowest BCUT2D eigenvalue weighted by atomic mass is 10.2. The molecule has 0 atom stereocenters. The van der Waals surface area contributed by atoms with Crippen molar-refractivity contribution in [2.24, 2.45) is 5.10 Å². The molecule has 1 aromatic rings. The number of thiocarbonyl (C=S) groups is 1. The summed E-state index contributed by atoms with van der Waals surface area (Å²) in [4.78, 5) is 4.67. The van der Waals surface area contributed by atoms with Crippen LogP contribution in [0, 0.1) is 0 Å². The number of hydrazone groups is 1. The molecule has 0 aliphatic carbocycles. The van der Waals surface area contributed by atoms with Crippen LogP contribution in [0.3, 0.4) is 0 Å². The fraction of sp³-hybridized carbons (Fsp3) is 0.222. The summed E-state index contributed by atoms with van der Waals surface area (Å²) in [5.41, 5.74) is 4.50. The maximum absolute atomic E-state index is 4.99. The lowest BCUT2D eigenvalue weighted by Gasteiger charge is -2.01. The highest BCUT2D eigenvalue weighted by Gasteiger charge is 1.99. The first-order valence-corrected chi connectivity index (χ1v) is 4.39. The van der Waals surface area contributed by atoms with Crippen LogP contribution < -0.4 is 5.43 Å². The van der Waals surface area contributed by atoms with Gasteiger partial charge in [-0.1, -0.05) is 25.2 Å². The molecule has 0 saturated carbocycles. The Morgan fingerprint density at radius 2 is 2.46 bits per heavy atom. The van der Waals surface area contributed by atoms with Crippen LogP contribution in [0.5, 0.6) is 0 Å². The molecule has 0 unspecified atom stereocenters. The van der Waals surface area contributed by atoms with Crippen LogP contribution >= 0.6 is 12.2 Å². The van der Waals surface area contributed by atoms with E-state index < -0.39 is 0 Å². The van der Waals surface area contributed by atoms with Crippen LogP contribution in [0.1, 0.15) is 18.2 Å². The average Bonchev–Trinajstić information content (AvgIpc) is 2.18. The van der Waals surface area contributed by atoms with E-state index in [0.29, 0.717) is 4.99 Å². The van der Waals surface area contributed by atoms with Crippen molar-refractivity contribution in [3.8, 4) is 0 Å². The first-order valence-electron chi connectivity index (χ1n) is 3.99. The number of nitrogens with one attached hydrogen (secondary N) is 1. The average molecular weight is 193 g/mol. The van der Waals surface area contributed by atoms with E-state index in [1.807, 2.05) is 18.3 Å². The zero-order valence-corrected chi connectivity index (χ0v) is 8.27. The highest BCUT2D eigenvalue weighted by atomic mass is 32.1. The molecule has 1 N–H and O–H groups in total. The molecule has 0 aromatic carbocycles. The van der Waals surface area contributed by atoms with Crippen molar-refractivity contribution < 1.29 is 0 Å². The Morgan fingerprint density at radius 1 is 1.69 bits per heavy atom. The Bertz CT molecular complexity index is 305. The molecule has 0 aliphatic heterocycles. The van der Waals surface area contributed by atoms with Crippen molar-refractivity contribution in [1.82, 2.24) is 10.4 Å². The number of pyridine rings is 1. The molecule has 13 heavy (non-hydrogen) atoms. The Hall–Kier alpha value is -1.29. The molecule has 1 heterocycles. The smallest absolute Gasteiger partial charge is 0.145 e. The Morgan fingerprint density at radius 3 is 2.92 bits per heavy atom. The van der Waals surface area contributed by atoms with Gasteiger partial charge in [0.25, 0.3) is 0 Å². The molecule has 0 radical (unpaired) electrons. The number of nitrogens with zero attached hydrogens (tertiary/aromatic N) is 2. The van der Waals surface area contributed by atoms with Crippen LogP contribution in [-0.2, 0) is 6.42 Å². The molecule has 1 rings (SSSR count). The van der Waals surface area contributed by atoms with Gasteiger partial charge in [-0.3, -0.25) is 10.4 Å². The third kappa shape index (κ3) is 2.59. The van der Waals surface area contributed by atoms with Gasteiger partial charge in [0, 0.05) is 12.9 Å². The minimum Gasteiger partial charge on any atom is -0.267 e. The van der Waals surface area contributed by atoms with E-state index in [0.717, 1.165) is 12.1 Å². The summed E-state index contributed by atoms with van der Waals surface area (Å²) in [5.74, 6) is 0. The van der Waals surface area contributed by atoms with Gasteiger partial charge in [-0.2, -0.15) is 5.10 Å². The summed E-state index contributed by atoms with van der Waals surface area (Å²) in [6.45, 7) is 5.37. The van der Waals surface area contributed by atoms with E-state index in [1.165, 1.54) is 5.56 Å². The lowest BCUT2D eigenvalue weighted by Crippen LogP contribution is -2.16. The molecule has 0 fully saturated rings. The summed E-state index contributed by atoms with van der Waals surface area (Å²) in [6, 6.07) is 3.87. The van der Waals surface area contributed by atoms with Crippen molar-refractivity contribution >= 4 is 23.9 Å². The largest absolute Gasteiger partial charge is 0.267 e. The molecule has 0 saturated heterocycles. The van der Waals surface area contributed by atoms with E-state index in [4.69, 9.17) is 12.2 Å². The Balaban J connectivity index is 2.79. The van der Waals surface area contributed by atoms with Gasteiger partial charge in [-0.25, -0.2) is 0 Å². The van der Waals surface area contributed by atoms with E-state index in [-0.39, 0.29) is 0 Å². The zero-order chi connectivity index (χ0) is 9.68. The van der Waals surface area contributed by atoms with Crippen LogP contribution in [0.2, 0.25) is 0 Å². The SMILES string of the molecule is C=NNC(=S)c1ccc(CC)cn1. The van der Waals surface area contributed by atoms with Crippen LogP contribution in [0.4, 0.5) is 0 Å². The number of aryl methyl sites for hydroxylation is 1. The van der Waals surface area contributed by atoms with Gasteiger partial charge in [-0.05, 0) is 18.1 Å². The van der Waals surface area contributed by atoms with E-state index in [1.54, 1.807) is 0 Å². The summed E-state index contributed by atoms with van der Waals surface area (Å²) < 4.78 is 0. The summed E-state index contributed by atoms with van der Waals surface area (Å²) in [6.07, 6.45) is 2.79. The Kier molecular flexibility index (Phi) is 3.52. The fourth-order valence-corrected chi connectivity index (χ4v) is 1.08. The number of hydrogen-bond acceptors (Lipinski definition) is 3. The highest BCUT2D eigenvalue weighted by molar-refractivity contribution is 7.80. The van der Waals surface area contributed by atoms with Crippen LogP contribution in [0.15, 0.2) is 23.4 Å². The van der Waals surface area contributed by atoms with E-state index in [9.17, 15) is 0 Å². The number of rotatable bonds is 3. The van der Waals surface area contributed by atoms with Gasteiger partial charge in [0.2, 0.25) is 0 Å². The van der Waals surface area contributed by atoms with Gasteiger partial charge in [-0.15, -0.1) is 0 Å². The fourth-order valence-electron chi connectivity index (χ4n) is 0.897. The molecule has 0 bridgehead atoms. The maximum atomic E-state index is 4.99. The second-order valence-corrected chi connectivity index (χ2v) is 2.91. The first-order chi connectivity index (χ1) is 6.27. The molecule has 0 spiro atoms. The predicted octanol–water partition coefficient (Wildman–Crippen LogP) is 1.52. The minimum atomic E-state index is 0.498. The second-order valence-electron chi connectivity index (χ2n) is 2.50. The molecule has 0 aliphatic rings. The quantitative estimate of drug-likeness (QED) is 0.449. The lowest BCUT2D eigenvalue weighted by molar-refractivity contribution is 1.04. The van der Waals surface area contributed by atoms with E-state index >= 15 is 0 Å². The van der Waals surface area contributed by atoms with Crippen LogP contribution in [-0.4, -0.2) is 16.7 Å². The van der Waals surface area contributed by atoms with Crippen molar-refractivity contribution in [3.05, 3.63) is 29.6 Å². The topological polar surface area (TPSA) is 37.3 Å². The molecular formula is C9H11N3S. The summed E-state index contributed by atoms with van der Waals surface area (Å²) >= 11 is 4.99. The normalized spacial score (nSPS) is 9.31. The van der Waals surface area contributed by atoms with Crippen molar-refractivity contribution in [1.29, 1.82) is 0 Å². The molecule has 4 heteroatoms. The number of hydrogen-bond donors (Lipinski definition) is 1.